The highest BCUT2D eigenvalue weighted by Gasteiger charge is 2.54. The van der Waals surface area contributed by atoms with Crippen molar-refractivity contribution in [3.8, 4) is 0 Å². The molecule has 1 aliphatic rings. The molecule has 0 bridgehead atoms. The molecule has 0 saturated heterocycles. The second kappa shape index (κ2) is 4.29. The van der Waals surface area contributed by atoms with Crippen LogP contribution in [-0.4, -0.2) is 38.1 Å². The minimum atomic E-state index is -1.82. The van der Waals surface area contributed by atoms with Crippen LogP contribution in [0.2, 0.25) is 0 Å². The highest BCUT2D eigenvalue weighted by Crippen LogP contribution is 2.38. The molecule has 96 valence electrons. The summed E-state index contributed by atoms with van der Waals surface area (Å²) in [7, 11) is 0. The zero-order valence-corrected chi connectivity index (χ0v) is 9.89. The Morgan fingerprint density at radius 3 is 2.24 bits per heavy atom. The number of carbonyl (C=O) groups is 1. The molecule has 1 aliphatic heterocycles. The lowest BCUT2D eigenvalue weighted by molar-refractivity contribution is -0.160. The molecule has 0 spiro atoms. The Bertz CT molecular complexity index is 404. The van der Waals surface area contributed by atoms with Crippen LogP contribution in [0.5, 0.6) is 0 Å². The van der Waals surface area contributed by atoms with E-state index in [1.54, 1.807) is 20.8 Å². The van der Waals surface area contributed by atoms with Gasteiger partial charge in [-0.1, -0.05) is 6.92 Å². The number of rotatable bonds is 3. The first-order chi connectivity index (χ1) is 7.77. The first-order valence-electron chi connectivity index (χ1n) is 5.18. The molecule has 4 N–H and O–H groups in total. The van der Waals surface area contributed by atoms with Gasteiger partial charge in [0.05, 0.1) is 0 Å². The minimum absolute atomic E-state index is 0.00708. The summed E-state index contributed by atoms with van der Waals surface area (Å²) in [6.07, 6.45) is -1.61. The van der Waals surface area contributed by atoms with Gasteiger partial charge in [-0.05, 0) is 25.8 Å². The van der Waals surface area contributed by atoms with Crippen molar-refractivity contribution in [2.45, 2.75) is 38.9 Å². The van der Waals surface area contributed by atoms with Gasteiger partial charge in [0.25, 0.3) is 0 Å². The predicted molar refractivity (Wildman–Crippen MR) is 58.4 cm³/mol. The van der Waals surface area contributed by atoms with E-state index in [-0.39, 0.29) is 6.42 Å². The van der Waals surface area contributed by atoms with Gasteiger partial charge in [0.1, 0.15) is 5.76 Å². The predicted octanol–water partition coefficient (Wildman–Crippen LogP) is 1.23. The molecule has 0 saturated carbocycles. The number of hydrogen-bond acceptors (Lipinski definition) is 6. The fourth-order valence-corrected chi connectivity index (χ4v) is 1.67. The molecule has 0 aromatic carbocycles. The number of cyclic esters (lactones) is 1. The molecule has 1 rings (SSSR count). The first kappa shape index (κ1) is 13.4. The van der Waals surface area contributed by atoms with Crippen LogP contribution in [0, 0.1) is 0 Å². The van der Waals surface area contributed by atoms with Gasteiger partial charge in [-0.15, -0.1) is 0 Å². The van der Waals surface area contributed by atoms with Gasteiger partial charge in [-0.3, -0.25) is 0 Å². The fourth-order valence-electron chi connectivity index (χ4n) is 1.67. The van der Waals surface area contributed by atoms with E-state index in [4.69, 9.17) is 4.74 Å². The Hall–Kier alpha value is -1.69. The number of hydrogen-bond donors (Lipinski definition) is 4. The average molecular weight is 244 g/mol. The van der Waals surface area contributed by atoms with E-state index in [2.05, 4.69) is 0 Å². The maximum absolute atomic E-state index is 11.2. The van der Waals surface area contributed by atoms with Gasteiger partial charge >= 0.3 is 5.97 Å². The van der Waals surface area contributed by atoms with Crippen molar-refractivity contribution < 1.29 is 30.0 Å². The lowest BCUT2D eigenvalue weighted by Gasteiger charge is -2.31. The van der Waals surface area contributed by atoms with Crippen molar-refractivity contribution in [2.75, 3.05) is 0 Å². The van der Waals surface area contributed by atoms with Gasteiger partial charge in [0.15, 0.2) is 11.9 Å². The maximum atomic E-state index is 11.2. The summed E-state index contributed by atoms with van der Waals surface area (Å²) in [6.45, 7) is 4.65. The van der Waals surface area contributed by atoms with Gasteiger partial charge < -0.3 is 25.2 Å². The largest absolute Gasteiger partial charge is 0.509 e. The minimum Gasteiger partial charge on any atom is -0.509 e. The summed E-state index contributed by atoms with van der Waals surface area (Å²) in [4.78, 5) is 11.2. The Morgan fingerprint density at radius 2 is 1.94 bits per heavy atom. The molecule has 0 aromatic heterocycles. The molecule has 6 nitrogen and oxygen atoms in total. The maximum Gasteiger partial charge on any atom is 0.378 e. The van der Waals surface area contributed by atoms with Crippen LogP contribution in [-0.2, 0) is 9.53 Å². The van der Waals surface area contributed by atoms with Gasteiger partial charge in [0.2, 0.25) is 11.4 Å². The summed E-state index contributed by atoms with van der Waals surface area (Å²) in [5, 5.41) is 38.5. The first-order valence-corrected chi connectivity index (χ1v) is 5.18. The zero-order chi connectivity index (χ0) is 13.4. The van der Waals surface area contributed by atoms with Crippen molar-refractivity contribution in [3.63, 3.8) is 0 Å². The summed E-state index contributed by atoms with van der Waals surface area (Å²) in [5.74, 6) is -3.22. The molecule has 0 fully saturated rings. The number of allylic oxidation sites excluding steroid dienone is 1. The van der Waals surface area contributed by atoms with Crippen molar-refractivity contribution in [1.82, 2.24) is 0 Å². The number of carbonyl (C=O) groups excluding carboxylic acids is 1. The van der Waals surface area contributed by atoms with Crippen molar-refractivity contribution >= 4 is 5.97 Å². The third kappa shape index (κ3) is 1.84. The molecule has 0 aromatic rings. The van der Waals surface area contributed by atoms with Crippen LogP contribution < -0.4 is 0 Å². The van der Waals surface area contributed by atoms with E-state index in [9.17, 15) is 25.2 Å². The van der Waals surface area contributed by atoms with Crippen LogP contribution in [0.4, 0.5) is 0 Å². The third-order valence-corrected chi connectivity index (χ3v) is 2.83. The summed E-state index contributed by atoms with van der Waals surface area (Å²) < 4.78 is 4.80. The molecule has 1 heterocycles. The van der Waals surface area contributed by atoms with Crippen LogP contribution >= 0.6 is 0 Å². The van der Waals surface area contributed by atoms with E-state index in [1.165, 1.54) is 0 Å². The van der Waals surface area contributed by atoms with E-state index in [0.717, 1.165) is 0 Å². The SMILES string of the molecule is CC[C@]1([C@@H](O)C(O)=C(C)C)OC(=O)C(O)=C1O. The molecule has 17 heavy (non-hydrogen) atoms. The molecule has 2 atom stereocenters. The average Bonchev–Trinajstić information content (AvgIpc) is 2.52. The fraction of sp³-hybridized carbons (Fsp3) is 0.545. The van der Waals surface area contributed by atoms with E-state index in [0.29, 0.717) is 5.57 Å². The monoisotopic (exact) mass is 244 g/mol. The van der Waals surface area contributed by atoms with Crippen LogP contribution in [0.3, 0.4) is 0 Å². The van der Waals surface area contributed by atoms with Crippen LogP contribution in [0.15, 0.2) is 22.9 Å². The van der Waals surface area contributed by atoms with Crippen molar-refractivity contribution in [1.29, 1.82) is 0 Å². The second-order valence-electron chi connectivity index (χ2n) is 4.12. The van der Waals surface area contributed by atoms with Gasteiger partial charge in [0, 0.05) is 0 Å². The van der Waals surface area contributed by atoms with E-state index in [1.807, 2.05) is 0 Å². The lowest BCUT2D eigenvalue weighted by atomic mass is 9.89. The highest BCUT2D eigenvalue weighted by molar-refractivity contribution is 5.90. The molecule has 0 aliphatic carbocycles. The Morgan fingerprint density at radius 1 is 1.41 bits per heavy atom. The molecule has 0 amide bonds. The van der Waals surface area contributed by atoms with Gasteiger partial charge in [-0.25, -0.2) is 4.79 Å². The van der Waals surface area contributed by atoms with E-state index >= 15 is 0 Å². The normalized spacial score (nSPS) is 25.8. The summed E-state index contributed by atoms with van der Waals surface area (Å²) >= 11 is 0. The Balaban J connectivity index is 3.26. The Labute approximate surface area is 98.5 Å². The Kier molecular flexibility index (Phi) is 3.38. The number of ether oxygens (including phenoxy) is 1. The zero-order valence-electron chi connectivity index (χ0n) is 9.89. The van der Waals surface area contributed by atoms with Crippen molar-refractivity contribution in [2.24, 2.45) is 0 Å². The number of aliphatic hydroxyl groups excluding tert-OH is 4. The quantitative estimate of drug-likeness (QED) is 0.439. The van der Waals surface area contributed by atoms with E-state index < -0.39 is 35.0 Å². The van der Waals surface area contributed by atoms with Crippen molar-refractivity contribution in [3.05, 3.63) is 22.9 Å². The molecule has 0 radical (unpaired) electrons. The third-order valence-electron chi connectivity index (χ3n) is 2.83. The van der Waals surface area contributed by atoms with Crippen LogP contribution in [0.1, 0.15) is 27.2 Å². The highest BCUT2D eigenvalue weighted by atomic mass is 16.6. The molecular formula is C11H16O6. The topological polar surface area (TPSA) is 107 Å². The number of aliphatic hydroxyl groups is 4. The smallest absolute Gasteiger partial charge is 0.378 e. The summed E-state index contributed by atoms with van der Waals surface area (Å²) in [5.41, 5.74) is -1.40. The number of esters is 1. The second-order valence-corrected chi connectivity index (χ2v) is 4.12. The summed E-state index contributed by atoms with van der Waals surface area (Å²) in [6, 6.07) is 0. The van der Waals surface area contributed by atoms with Gasteiger partial charge in [-0.2, -0.15) is 0 Å². The molecular weight excluding hydrogens is 228 g/mol. The molecule has 6 heteroatoms. The lowest BCUT2D eigenvalue weighted by Crippen LogP contribution is -2.45. The van der Waals surface area contributed by atoms with Crippen LogP contribution in [0.25, 0.3) is 0 Å². The standard InChI is InChI=1S/C11H16O6/c1-4-11(8(14)6(12)5(2)3)9(15)7(13)10(16)17-11/h8,12-15H,4H2,1-3H3/t8-,11+/m0/s1. The molecule has 0 unspecified atom stereocenters.